The van der Waals surface area contributed by atoms with Crippen LogP contribution in [0.2, 0.25) is 0 Å². The maximum Gasteiger partial charge on any atom is 0.232 e. The SMILES string of the molecule is CCCCCc1nnc(NC(=O)Cc2csc(C)n2)s1. The lowest BCUT2D eigenvalue weighted by Gasteiger charge is -1.98. The van der Waals surface area contributed by atoms with Crippen molar-refractivity contribution in [3.05, 3.63) is 21.1 Å². The Hall–Kier alpha value is -1.34. The van der Waals surface area contributed by atoms with Gasteiger partial charge in [0.1, 0.15) is 5.01 Å². The molecule has 0 aromatic carbocycles. The summed E-state index contributed by atoms with van der Waals surface area (Å²) in [6.45, 7) is 4.10. The zero-order valence-electron chi connectivity index (χ0n) is 11.7. The number of nitrogens with one attached hydrogen (secondary N) is 1. The highest BCUT2D eigenvalue weighted by atomic mass is 32.1. The van der Waals surface area contributed by atoms with Gasteiger partial charge in [-0.15, -0.1) is 21.5 Å². The fourth-order valence-corrected chi connectivity index (χ4v) is 3.16. The number of aryl methyl sites for hydroxylation is 2. The lowest BCUT2D eigenvalue weighted by atomic mass is 10.2. The molecule has 1 N–H and O–H groups in total. The van der Waals surface area contributed by atoms with Crippen molar-refractivity contribution >= 4 is 33.7 Å². The molecule has 0 saturated heterocycles. The minimum Gasteiger partial charge on any atom is -0.300 e. The molecule has 0 aliphatic heterocycles. The summed E-state index contributed by atoms with van der Waals surface area (Å²) in [7, 11) is 0. The van der Waals surface area contributed by atoms with E-state index in [1.807, 2.05) is 12.3 Å². The van der Waals surface area contributed by atoms with Crippen molar-refractivity contribution in [2.45, 2.75) is 46.0 Å². The minimum absolute atomic E-state index is 0.0911. The first kappa shape index (κ1) is 15.1. The van der Waals surface area contributed by atoms with Gasteiger partial charge in [-0.2, -0.15) is 0 Å². The molecule has 0 atom stereocenters. The molecule has 0 saturated carbocycles. The van der Waals surface area contributed by atoms with Crippen molar-refractivity contribution in [1.82, 2.24) is 15.2 Å². The van der Waals surface area contributed by atoms with Crippen LogP contribution in [-0.4, -0.2) is 21.1 Å². The van der Waals surface area contributed by atoms with Gasteiger partial charge in [-0.3, -0.25) is 4.79 Å². The Morgan fingerprint density at radius 1 is 1.35 bits per heavy atom. The molecule has 0 aliphatic carbocycles. The highest BCUT2D eigenvalue weighted by Gasteiger charge is 2.10. The second-order valence-corrected chi connectivity index (χ2v) is 6.67. The molecule has 108 valence electrons. The zero-order valence-corrected chi connectivity index (χ0v) is 13.3. The normalized spacial score (nSPS) is 10.7. The molecule has 0 unspecified atom stereocenters. The highest BCUT2D eigenvalue weighted by molar-refractivity contribution is 7.15. The number of anilines is 1. The summed E-state index contributed by atoms with van der Waals surface area (Å²) < 4.78 is 0. The van der Waals surface area contributed by atoms with Crippen LogP contribution in [0.1, 0.15) is 41.9 Å². The second kappa shape index (κ2) is 7.44. The first-order valence-corrected chi connectivity index (χ1v) is 8.40. The molecule has 7 heteroatoms. The van der Waals surface area contributed by atoms with E-state index in [0.29, 0.717) is 5.13 Å². The van der Waals surface area contributed by atoms with E-state index in [2.05, 4.69) is 27.4 Å². The average molecular weight is 310 g/mol. The standard InChI is InChI=1S/C13H18N4OS2/c1-3-4-5-6-12-16-17-13(20-12)15-11(18)7-10-8-19-9(2)14-10/h8H,3-7H2,1-2H3,(H,15,17,18). The predicted octanol–water partition coefficient (Wildman–Crippen LogP) is 3.22. The van der Waals surface area contributed by atoms with Crippen LogP contribution in [0.25, 0.3) is 0 Å². The largest absolute Gasteiger partial charge is 0.300 e. The Balaban J connectivity index is 1.82. The predicted molar refractivity (Wildman–Crippen MR) is 82.3 cm³/mol. The molecule has 2 aromatic rings. The third-order valence-electron chi connectivity index (χ3n) is 2.72. The smallest absolute Gasteiger partial charge is 0.232 e. The van der Waals surface area contributed by atoms with Crippen molar-refractivity contribution in [2.24, 2.45) is 0 Å². The van der Waals surface area contributed by atoms with E-state index in [-0.39, 0.29) is 12.3 Å². The van der Waals surface area contributed by atoms with Gasteiger partial charge in [-0.25, -0.2) is 4.98 Å². The van der Waals surface area contributed by atoms with Crippen LogP contribution in [-0.2, 0) is 17.6 Å². The van der Waals surface area contributed by atoms with Gasteiger partial charge in [0.05, 0.1) is 17.1 Å². The first-order chi connectivity index (χ1) is 9.67. The van der Waals surface area contributed by atoms with Gasteiger partial charge >= 0.3 is 0 Å². The van der Waals surface area contributed by atoms with Gasteiger partial charge in [-0.05, 0) is 13.3 Å². The van der Waals surface area contributed by atoms with Crippen molar-refractivity contribution < 1.29 is 4.79 Å². The van der Waals surface area contributed by atoms with E-state index in [0.717, 1.165) is 28.6 Å². The number of carbonyl (C=O) groups is 1. The molecular formula is C13H18N4OS2. The van der Waals surface area contributed by atoms with E-state index in [1.54, 1.807) is 11.3 Å². The number of hydrogen-bond donors (Lipinski definition) is 1. The third kappa shape index (κ3) is 4.64. The molecule has 0 aliphatic rings. The molecule has 2 heterocycles. The Morgan fingerprint density at radius 3 is 2.90 bits per heavy atom. The van der Waals surface area contributed by atoms with Crippen LogP contribution in [0, 0.1) is 6.92 Å². The summed E-state index contributed by atoms with van der Waals surface area (Å²) >= 11 is 3.01. The number of amides is 1. The van der Waals surface area contributed by atoms with Crippen LogP contribution in [0.15, 0.2) is 5.38 Å². The fraction of sp³-hybridized carbons (Fsp3) is 0.538. The van der Waals surface area contributed by atoms with E-state index >= 15 is 0 Å². The van der Waals surface area contributed by atoms with Gasteiger partial charge in [0.2, 0.25) is 11.0 Å². The minimum atomic E-state index is -0.0911. The van der Waals surface area contributed by atoms with Gasteiger partial charge in [0.15, 0.2) is 0 Å². The van der Waals surface area contributed by atoms with Crippen molar-refractivity contribution in [2.75, 3.05) is 5.32 Å². The van der Waals surface area contributed by atoms with Crippen LogP contribution < -0.4 is 5.32 Å². The Labute approximate surface area is 126 Å². The lowest BCUT2D eigenvalue weighted by molar-refractivity contribution is -0.115. The van der Waals surface area contributed by atoms with Crippen molar-refractivity contribution in [3.63, 3.8) is 0 Å². The molecule has 2 aromatic heterocycles. The fourth-order valence-electron chi connectivity index (χ4n) is 1.75. The molecule has 0 spiro atoms. The summed E-state index contributed by atoms with van der Waals surface area (Å²) in [5.41, 5.74) is 0.803. The number of unbranched alkanes of at least 4 members (excludes halogenated alkanes) is 2. The van der Waals surface area contributed by atoms with Gasteiger partial charge < -0.3 is 5.32 Å². The first-order valence-electron chi connectivity index (χ1n) is 6.70. The van der Waals surface area contributed by atoms with Crippen LogP contribution in [0.4, 0.5) is 5.13 Å². The van der Waals surface area contributed by atoms with E-state index < -0.39 is 0 Å². The quantitative estimate of drug-likeness (QED) is 0.797. The van der Waals surface area contributed by atoms with Gasteiger partial charge in [0, 0.05) is 11.8 Å². The van der Waals surface area contributed by atoms with Gasteiger partial charge in [0.25, 0.3) is 0 Å². The topological polar surface area (TPSA) is 67.8 Å². The van der Waals surface area contributed by atoms with E-state index in [4.69, 9.17) is 0 Å². The highest BCUT2D eigenvalue weighted by Crippen LogP contribution is 2.18. The number of hydrogen-bond acceptors (Lipinski definition) is 6. The van der Waals surface area contributed by atoms with Crippen molar-refractivity contribution in [3.8, 4) is 0 Å². The second-order valence-electron chi connectivity index (χ2n) is 4.54. The number of nitrogens with zero attached hydrogens (tertiary/aromatic N) is 3. The molecule has 20 heavy (non-hydrogen) atoms. The maximum absolute atomic E-state index is 11.9. The summed E-state index contributed by atoms with van der Waals surface area (Å²) in [6.07, 6.45) is 4.73. The third-order valence-corrected chi connectivity index (χ3v) is 4.44. The summed E-state index contributed by atoms with van der Waals surface area (Å²) in [5.74, 6) is -0.0911. The maximum atomic E-state index is 11.9. The number of rotatable bonds is 7. The van der Waals surface area contributed by atoms with Crippen LogP contribution >= 0.6 is 22.7 Å². The summed E-state index contributed by atoms with van der Waals surface area (Å²) in [4.78, 5) is 16.1. The average Bonchev–Trinajstić information content (AvgIpc) is 2.99. The molecule has 0 bridgehead atoms. The monoisotopic (exact) mass is 310 g/mol. The molecular weight excluding hydrogens is 292 g/mol. The Kier molecular flexibility index (Phi) is 5.60. The number of thiazole rings is 1. The summed E-state index contributed by atoms with van der Waals surface area (Å²) in [6, 6.07) is 0. The Bertz CT molecular complexity index is 564. The summed E-state index contributed by atoms with van der Waals surface area (Å²) in [5, 5.41) is 15.3. The number of carbonyl (C=O) groups excluding carboxylic acids is 1. The number of aromatic nitrogens is 3. The van der Waals surface area contributed by atoms with Crippen LogP contribution in [0.5, 0.6) is 0 Å². The van der Waals surface area contributed by atoms with E-state index in [1.165, 1.54) is 24.2 Å². The molecule has 0 radical (unpaired) electrons. The zero-order chi connectivity index (χ0) is 14.4. The Morgan fingerprint density at radius 2 is 2.20 bits per heavy atom. The van der Waals surface area contributed by atoms with Crippen LogP contribution in [0.3, 0.4) is 0 Å². The van der Waals surface area contributed by atoms with Crippen molar-refractivity contribution in [1.29, 1.82) is 0 Å². The lowest BCUT2D eigenvalue weighted by Crippen LogP contribution is -2.14. The van der Waals surface area contributed by atoms with E-state index in [9.17, 15) is 4.79 Å². The molecule has 5 nitrogen and oxygen atoms in total. The molecule has 2 rings (SSSR count). The molecule has 1 amide bonds. The molecule has 0 fully saturated rings. The van der Waals surface area contributed by atoms with Gasteiger partial charge in [-0.1, -0.05) is 31.1 Å².